The van der Waals surface area contributed by atoms with Gasteiger partial charge in [0.25, 0.3) is 0 Å². The summed E-state index contributed by atoms with van der Waals surface area (Å²) < 4.78 is 30.5. The average molecular weight is 584 g/mol. The molecule has 208 valence electrons. The third-order valence-electron chi connectivity index (χ3n) is 7.12. The van der Waals surface area contributed by atoms with Gasteiger partial charge >= 0.3 is 5.97 Å². The van der Waals surface area contributed by atoms with E-state index in [1.807, 2.05) is 36.4 Å². The lowest BCUT2D eigenvalue weighted by atomic mass is 9.97. The van der Waals surface area contributed by atoms with Gasteiger partial charge in [0.15, 0.2) is 5.75 Å². The van der Waals surface area contributed by atoms with Crippen LogP contribution in [0.2, 0.25) is 10.0 Å². The van der Waals surface area contributed by atoms with Crippen molar-refractivity contribution in [1.82, 2.24) is 4.98 Å². The topological polar surface area (TPSA) is 66.9 Å². The van der Waals surface area contributed by atoms with E-state index in [1.54, 1.807) is 26.2 Å². The zero-order valence-electron chi connectivity index (χ0n) is 22.0. The fourth-order valence-electron chi connectivity index (χ4n) is 4.46. The van der Waals surface area contributed by atoms with Gasteiger partial charge in [-0.15, -0.1) is 0 Å². The summed E-state index contributed by atoms with van der Waals surface area (Å²) >= 11 is 12.8. The number of rotatable bonds is 11. The van der Waals surface area contributed by atoms with Crippen molar-refractivity contribution in [2.75, 3.05) is 13.7 Å². The highest BCUT2D eigenvalue weighted by molar-refractivity contribution is 6.35. The lowest BCUT2D eigenvalue weighted by molar-refractivity contribution is -0.151. The first kappa shape index (κ1) is 28.0. The minimum absolute atomic E-state index is 0.0457. The van der Waals surface area contributed by atoms with E-state index in [2.05, 4.69) is 9.93 Å². The predicted molar refractivity (Wildman–Crippen MR) is 152 cm³/mol. The summed E-state index contributed by atoms with van der Waals surface area (Å²) in [4.78, 5) is 21.6. The van der Waals surface area contributed by atoms with Crippen LogP contribution in [-0.2, 0) is 16.0 Å². The van der Waals surface area contributed by atoms with Crippen LogP contribution in [0.4, 0.5) is 4.53 Å². The molecule has 0 bridgehead atoms. The number of aromatic nitrogens is 1. The SMILES string of the molecule is COc1ccc2cc([C@H](C)C(=O)OC(Cc3c(Cl)cncc3Cl)c3ccc(OF)c(OCC4CC4)c3)ccc2c1. The number of nitrogens with zero attached hydrogens (tertiary/aromatic N) is 1. The number of pyridine rings is 1. The molecule has 1 aromatic heterocycles. The van der Waals surface area contributed by atoms with Crippen LogP contribution in [0.3, 0.4) is 0 Å². The van der Waals surface area contributed by atoms with Gasteiger partial charge in [0.05, 0.1) is 29.7 Å². The molecule has 1 heterocycles. The van der Waals surface area contributed by atoms with Crippen LogP contribution in [0.5, 0.6) is 17.2 Å². The second-order valence-corrected chi connectivity index (χ2v) is 10.8. The quantitative estimate of drug-likeness (QED) is 0.166. The van der Waals surface area contributed by atoms with Crippen molar-refractivity contribution < 1.29 is 28.5 Å². The standard InChI is InChI=1S/C31H28Cl2FNO5/c1-18(20-5-6-22-12-24(37-2)9-7-21(22)11-20)31(36)39-29(14-25-26(32)15-35-16-27(25)33)23-8-10-28(40-34)30(13-23)38-17-19-3-4-19/h5-13,15-16,18-19,29H,3-4,14,17H2,1-2H3/t18-,29?/m0/s1. The second kappa shape index (κ2) is 12.3. The van der Waals surface area contributed by atoms with Crippen LogP contribution in [0, 0.1) is 5.92 Å². The first-order valence-corrected chi connectivity index (χ1v) is 13.7. The molecule has 0 spiro atoms. The van der Waals surface area contributed by atoms with Crippen LogP contribution in [-0.4, -0.2) is 24.7 Å². The summed E-state index contributed by atoms with van der Waals surface area (Å²) in [7, 11) is 1.62. The van der Waals surface area contributed by atoms with E-state index >= 15 is 0 Å². The highest BCUT2D eigenvalue weighted by Gasteiger charge is 2.27. The van der Waals surface area contributed by atoms with E-state index < -0.39 is 18.0 Å². The predicted octanol–water partition coefficient (Wildman–Crippen LogP) is 8.23. The van der Waals surface area contributed by atoms with E-state index in [4.69, 9.17) is 37.4 Å². The van der Waals surface area contributed by atoms with Gasteiger partial charge in [-0.2, -0.15) is 0 Å². The van der Waals surface area contributed by atoms with Crippen LogP contribution < -0.4 is 14.4 Å². The van der Waals surface area contributed by atoms with Crippen LogP contribution >= 0.6 is 23.2 Å². The molecule has 4 aromatic rings. The molecule has 6 nitrogen and oxygen atoms in total. The number of hydrogen-bond donors (Lipinski definition) is 0. The molecule has 1 aliphatic rings. The molecule has 0 aliphatic heterocycles. The molecular weight excluding hydrogens is 556 g/mol. The molecule has 1 fully saturated rings. The minimum Gasteiger partial charge on any atom is -0.497 e. The molecular formula is C31H28Cl2FNO5. The van der Waals surface area contributed by atoms with Crippen molar-refractivity contribution in [3.05, 3.63) is 93.7 Å². The largest absolute Gasteiger partial charge is 0.497 e. The van der Waals surface area contributed by atoms with E-state index in [9.17, 15) is 9.32 Å². The number of fused-ring (bicyclic) bond motifs is 1. The summed E-state index contributed by atoms with van der Waals surface area (Å²) in [6.45, 7) is 2.25. The smallest absolute Gasteiger partial charge is 0.313 e. The van der Waals surface area contributed by atoms with Crippen LogP contribution in [0.25, 0.3) is 10.8 Å². The minimum atomic E-state index is -0.797. The maximum atomic E-state index is 13.5. The number of methoxy groups -OCH3 is 1. The summed E-state index contributed by atoms with van der Waals surface area (Å²) in [5.41, 5.74) is 1.97. The Kier molecular flexibility index (Phi) is 8.62. The van der Waals surface area contributed by atoms with Gasteiger partial charge in [-0.1, -0.05) is 53.5 Å². The molecule has 5 rings (SSSR count). The molecule has 1 saturated carbocycles. The van der Waals surface area contributed by atoms with Crippen molar-refractivity contribution in [3.8, 4) is 17.2 Å². The second-order valence-electron chi connectivity index (χ2n) is 9.94. The van der Waals surface area contributed by atoms with Crippen LogP contribution in [0.15, 0.2) is 67.0 Å². The Labute approximate surface area is 241 Å². The first-order valence-electron chi connectivity index (χ1n) is 13.0. The fraction of sp³-hybridized carbons (Fsp3) is 0.290. The number of ether oxygens (including phenoxy) is 3. The number of halogens is 3. The van der Waals surface area contributed by atoms with E-state index in [0.717, 1.165) is 34.9 Å². The Morgan fingerprint density at radius 1 is 0.975 bits per heavy atom. The zero-order valence-corrected chi connectivity index (χ0v) is 23.5. The van der Waals surface area contributed by atoms with Gasteiger partial charge in [-0.05, 0) is 77.4 Å². The zero-order chi connectivity index (χ0) is 28.2. The third-order valence-corrected chi connectivity index (χ3v) is 7.77. The Balaban J connectivity index is 1.43. The molecule has 40 heavy (non-hydrogen) atoms. The Hall–Kier alpha value is -3.55. The van der Waals surface area contributed by atoms with Crippen molar-refractivity contribution in [3.63, 3.8) is 0 Å². The monoisotopic (exact) mass is 583 g/mol. The van der Waals surface area contributed by atoms with Crippen LogP contribution in [0.1, 0.15) is 48.5 Å². The normalized spacial score (nSPS) is 14.4. The lowest BCUT2D eigenvalue weighted by Crippen LogP contribution is -2.19. The highest BCUT2D eigenvalue weighted by atomic mass is 35.5. The number of carbonyl (C=O) groups is 1. The molecule has 9 heteroatoms. The number of esters is 1. The van der Waals surface area contributed by atoms with Gasteiger partial charge in [0.1, 0.15) is 11.9 Å². The Morgan fingerprint density at radius 3 is 2.38 bits per heavy atom. The van der Waals surface area contributed by atoms with E-state index in [-0.39, 0.29) is 17.9 Å². The maximum Gasteiger partial charge on any atom is 0.313 e. The number of carbonyl (C=O) groups excluding carboxylic acids is 1. The fourth-order valence-corrected chi connectivity index (χ4v) is 4.98. The van der Waals surface area contributed by atoms with Crippen molar-refractivity contribution >= 4 is 39.9 Å². The van der Waals surface area contributed by atoms with E-state index in [0.29, 0.717) is 33.7 Å². The first-order chi connectivity index (χ1) is 19.4. The molecule has 0 amide bonds. The molecule has 0 N–H and O–H groups in total. The van der Waals surface area contributed by atoms with Crippen molar-refractivity contribution in [2.24, 2.45) is 5.92 Å². The summed E-state index contributed by atoms with van der Waals surface area (Å²) in [6, 6.07) is 16.3. The Morgan fingerprint density at radius 2 is 1.68 bits per heavy atom. The molecule has 0 radical (unpaired) electrons. The molecule has 1 unspecified atom stereocenters. The van der Waals surface area contributed by atoms with Gasteiger partial charge in [-0.3, -0.25) is 14.7 Å². The van der Waals surface area contributed by atoms with Gasteiger partial charge < -0.3 is 14.2 Å². The number of hydrogen-bond acceptors (Lipinski definition) is 6. The Bertz CT molecular complexity index is 1510. The molecule has 2 atom stereocenters. The average Bonchev–Trinajstić information content (AvgIpc) is 3.81. The summed E-state index contributed by atoms with van der Waals surface area (Å²) in [6.07, 6.45) is 4.50. The lowest BCUT2D eigenvalue weighted by Gasteiger charge is -2.23. The van der Waals surface area contributed by atoms with Gasteiger partial charge in [-0.25, -0.2) is 0 Å². The summed E-state index contributed by atoms with van der Waals surface area (Å²) in [5.74, 6) is 0.382. The van der Waals surface area contributed by atoms with Crippen molar-refractivity contribution in [2.45, 2.75) is 38.2 Å². The van der Waals surface area contributed by atoms with Gasteiger partial charge in [0, 0.05) is 23.3 Å². The van der Waals surface area contributed by atoms with Gasteiger partial charge in [0.2, 0.25) is 5.75 Å². The third kappa shape index (κ3) is 6.43. The molecule has 0 saturated heterocycles. The maximum absolute atomic E-state index is 13.5. The number of benzene rings is 3. The molecule has 3 aromatic carbocycles. The highest BCUT2D eigenvalue weighted by Crippen LogP contribution is 2.38. The van der Waals surface area contributed by atoms with Crippen molar-refractivity contribution in [1.29, 1.82) is 0 Å². The summed E-state index contributed by atoms with van der Waals surface area (Å²) in [5, 5.41) is 2.67. The molecule has 1 aliphatic carbocycles. The van der Waals surface area contributed by atoms with E-state index in [1.165, 1.54) is 18.5 Å².